The van der Waals surface area contributed by atoms with Gasteiger partial charge in [0.15, 0.2) is 0 Å². The maximum absolute atomic E-state index is 12.7. The molecule has 2 aromatic rings. The number of Topliss-reactive ketones (excluding diaryl/α,β-unsaturated/α-hetero) is 1. The molecule has 3 rings (SSSR count). The summed E-state index contributed by atoms with van der Waals surface area (Å²) < 4.78 is 10.6. The van der Waals surface area contributed by atoms with Gasteiger partial charge in [-0.2, -0.15) is 0 Å². The topological polar surface area (TPSA) is 123 Å². The van der Waals surface area contributed by atoms with Crippen LogP contribution in [0, 0.1) is 17.0 Å². The van der Waals surface area contributed by atoms with Crippen LogP contribution in [0.1, 0.15) is 23.1 Å². The van der Waals surface area contributed by atoms with Crippen molar-refractivity contribution < 1.29 is 28.8 Å². The Morgan fingerprint density at radius 3 is 2.46 bits per heavy atom. The van der Waals surface area contributed by atoms with E-state index in [9.17, 15) is 24.8 Å². The number of ketones is 1. The highest BCUT2D eigenvalue weighted by Gasteiger charge is 2.47. The Bertz CT molecular complexity index is 959. The molecule has 0 bridgehead atoms. The second kappa shape index (κ2) is 7.65. The highest BCUT2D eigenvalue weighted by Crippen LogP contribution is 2.39. The number of likely N-dealkylation sites (tertiary alicyclic amines) is 1. The number of aryl methyl sites for hydroxylation is 1. The van der Waals surface area contributed by atoms with Gasteiger partial charge in [0.05, 0.1) is 17.1 Å². The van der Waals surface area contributed by atoms with Gasteiger partial charge >= 0.3 is 0 Å². The third-order valence-corrected chi connectivity index (χ3v) is 4.46. The average molecular weight is 386 g/mol. The fraction of sp³-hybridized carbons (Fsp3) is 0.263. The number of nitro benzene ring substituents is 1. The zero-order valence-electron chi connectivity index (χ0n) is 15.2. The van der Waals surface area contributed by atoms with Gasteiger partial charge in [0.25, 0.3) is 17.4 Å². The molecule has 2 heterocycles. The van der Waals surface area contributed by atoms with Crippen LogP contribution in [0.25, 0.3) is 5.76 Å². The molecular formula is C19H18N2O7. The van der Waals surface area contributed by atoms with E-state index in [2.05, 4.69) is 0 Å². The normalized spacial score (nSPS) is 18.6. The monoisotopic (exact) mass is 386 g/mol. The minimum absolute atomic E-state index is 0.128. The standard InChI is InChI=1S/C19H18N2O7/c1-11-3-8-14(28-11)16-15(18(23)19(24)20(16)9-10-27-2)17(22)12-4-6-13(7-5-12)21(25)26/h3-8,16,22H,9-10H2,1-2H3/b17-15-. The first kappa shape index (κ1) is 19.3. The van der Waals surface area contributed by atoms with Gasteiger partial charge in [0.2, 0.25) is 0 Å². The third kappa shape index (κ3) is 3.39. The number of hydrogen-bond donors (Lipinski definition) is 1. The molecule has 1 fully saturated rings. The number of non-ortho nitro benzene ring substituents is 1. The molecule has 1 N–H and O–H groups in total. The van der Waals surface area contributed by atoms with Crippen molar-refractivity contribution in [1.82, 2.24) is 4.90 Å². The molecule has 1 aromatic heterocycles. The van der Waals surface area contributed by atoms with Crippen molar-refractivity contribution in [3.05, 3.63) is 69.2 Å². The summed E-state index contributed by atoms with van der Waals surface area (Å²) in [7, 11) is 1.47. The van der Waals surface area contributed by atoms with E-state index in [0.717, 1.165) is 0 Å². The van der Waals surface area contributed by atoms with Crippen molar-refractivity contribution in [2.24, 2.45) is 0 Å². The smallest absolute Gasteiger partial charge is 0.295 e. The molecule has 0 spiro atoms. The van der Waals surface area contributed by atoms with Crippen LogP contribution in [0.2, 0.25) is 0 Å². The van der Waals surface area contributed by atoms with E-state index in [1.54, 1.807) is 19.1 Å². The highest BCUT2D eigenvalue weighted by molar-refractivity contribution is 6.46. The second-order valence-electron chi connectivity index (χ2n) is 6.24. The quantitative estimate of drug-likeness (QED) is 0.266. The summed E-state index contributed by atoms with van der Waals surface area (Å²) in [4.78, 5) is 36.7. The van der Waals surface area contributed by atoms with Crippen molar-refractivity contribution in [3.63, 3.8) is 0 Å². The van der Waals surface area contributed by atoms with Gasteiger partial charge < -0.3 is 19.2 Å². The minimum Gasteiger partial charge on any atom is -0.507 e. The van der Waals surface area contributed by atoms with E-state index < -0.39 is 28.4 Å². The van der Waals surface area contributed by atoms with Crippen LogP contribution in [-0.2, 0) is 14.3 Å². The van der Waals surface area contributed by atoms with Gasteiger partial charge in [-0.1, -0.05) is 0 Å². The Morgan fingerprint density at radius 1 is 1.25 bits per heavy atom. The lowest BCUT2D eigenvalue weighted by molar-refractivity contribution is -0.384. The van der Waals surface area contributed by atoms with E-state index in [0.29, 0.717) is 11.5 Å². The molecule has 1 amide bonds. The van der Waals surface area contributed by atoms with Crippen LogP contribution in [-0.4, -0.2) is 46.9 Å². The predicted octanol–water partition coefficient (Wildman–Crippen LogP) is 2.56. The molecule has 28 heavy (non-hydrogen) atoms. The number of aliphatic hydroxyl groups is 1. The van der Waals surface area contributed by atoms with Crippen molar-refractivity contribution >= 4 is 23.1 Å². The van der Waals surface area contributed by atoms with E-state index >= 15 is 0 Å². The number of hydrogen-bond acceptors (Lipinski definition) is 7. The summed E-state index contributed by atoms with van der Waals surface area (Å²) in [5.74, 6) is -1.14. The number of ether oxygens (including phenoxy) is 1. The molecule has 1 aliphatic heterocycles. The van der Waals surface area contributed by atoms with E-state index in [1.165, 1.54) is 36.3 Å². The third-order valence-electron chi connectivity index (χ3n) is 4.46. The molecule has 1 aliphatic rings. The molecular weight excluding hydrogens is 368 g/mol. The zero-order valence-corrected chi connectivity index (χ0v) is 15.2. The summed E-state index contributed by atoms with van der Waals surface area (Å²) in [5.41, 5.74) is -0.108. The van der Waals surface area contributed by atoms with Crippen molar-refractivity contribution in [2.75, 3.05) is 20.3 Å². The molecule has 1 aromatic carbocycles. The lowest BCUT2D eigenvalue weighted by atomic mass is 9.99. The number of aliphatic hydroxyl groups excluding tert-OH is 1. The van der Waals surface area contributed by atoms with Crippen LogP contribution in [0.4, 0.5) is 5.69 Å². The predicted molar refractivity (Wildman–Crippen MR) is 97.4 cm³/mol. The molecule has 1 unspecified atom stereocenters. The Morgan fingerprint density at radius 2 is 1.93 bits per heavy atom. The second-order valence-corrected chi connectivity index (χ2v) is 6.24. The number of rotatable bonds is 6. The van der Waals surface area contributed by atoms with Gasteiger partial charge in [-0.05, 0) is 31.2 Å². The van der Waals surface area contributed by atoms with E-state index in [1.807, 2.05) is 0 Å². The maximum Gasteiger partial charge on any atom is 0.295 e. The first-order valence-electron chi connectivity index (χ1n) is 8.43. The molecule has 1 atom stereocenters. The zero-order chi connectivity index (χ0) is 20.4. The molecule has 9 heteroatoms. The number of nitro groups is 1. The number of amides is 1. The summed E-state index contributed by atoms with van der Waals surface area (Å²) in [6, 6.07) is 7.47. The summed E-state index contributed by atoms with van der Waals surface area (Å²) >= 11 is 0. The first-order valence-corrected chi connectivity index (χ1v) is 8.43. The maximum atomic E-state index is 12.7. The summed E-state index contributed by atoms with van der Waals surface area (Å²) in [6.07, 6.45) is 0. The number of carbonyl (C=O) groups is 2. The minimum atomic E-state index is -0.918. The molecule has 0 aliphatic carbocycles. The van der Waals surface area contributed by atoms with Crippen molar-refractivity contribution in [2.45, 2.75) is 13.0 Å². The Balaban J connectivity index is 2.11. The molecule has 9 nitrogen and oxygen atoms in total. The van der Waals surface area contributed by atoms with Gasteiger partial charge in [0.1, 0.15) is 23.3 Å². The van der Waals surface area contributed by atoms with Crippen molar-refractivity contribution in [1.29, 1.82) is 0 Å². The number of nitrogens with zero attached hydrogens (tertiary/aromatic N) is 2. The lowest BCUT2D eigenvalue weighted by Crippen LogP contribution is -2.32. The Labute approximate surface area is 160 Å². The Hall–Kier alpha value is -3.46. The van der Waals surface area contributed by atoms with Crippen molar-refractivity contribution in [3.8, 4) is 0 Å². The molecule has 146 valence electrons. The number of methoxy groups -OCH3 is 1. The van der Waals surface area contributed by atoms with Crippen LogP contribution < -0.4 is 0 Å². The highest BCUT2D eigenvalue weighted by atomic mass is 16.6. The van der Waals surface area contributed by atoms with E-state index in [-0.39, 0.29) is 30.0 Å². The van der Waals surface area contributed by atoms with Crippen LogP contribution in [0.3, 0.4) is 0 Å². The fourth-order valence-corrected chi connectivity index (χ4v) is 3.09. The number of carbonyl (C=O) groups excluding carboxylic acids is 2. The number of furan rings is 1. The molecule has 0 saturated carbocycles. The van der Waals surface area contributed by atoms with Gasteiger partial charge in [-0.3, -0.25) is 19.7 Å². The first-order chi connectivity index (χ1) is 13.3. The largest absolute Gasteiger partial charge is 0.507 e. The van der Waals surface area contributed by atoms with Gasteiger partial charge in [-0.25, -0.2) is 0 Å². The van der Waals surface area contributed by atoms with E-state index in [4.69, 9.17) is 9.15 Å². The van der Waals surface area contributed by atoms with Gasteiger partial charge in [-0.15, -0.1) is 0 Å². The lowest BCUT2D eigenvalue weighted by Gasteiger charge is -2.22. The Kier molecular flexibility index (Phi) is 5.27. The number of benzene rings is 1. The SMILES string of the molecule is COCCN1C(=O)C(=O)/C(=C(\O)c2ccc([N+](=O)[O-])cc2)C1c1ccc(C)o1. The molecule has 0 radical (unpaired) electrons. The van der Waals surface area contributed by atoms with Gasteiger partial charge in [0, 0.05) is 31.4 Å². The van der Waals surface area contributed by atoms with Crippen LogP contribution in [0.5, 0.6) is 0 Å². The van der Waals surface area contributed by atoms with Crippen LogP contribution >= 0.6 is 0 Å². The van der Waals surface area contributed by atoms with Crippen LogP contribution in [0.15, 0.2) is 46.4 Å². The fourth-order valence-electron chi connectivity index (χ4n) is 3.09. The average Bonchev–Trinajstić information content (AvgIpc) is 3.21. The summed E-state index contributed by atoms with van der Waals surface area (Å²) in [5, 5.41) is 21.6. The molecule has 1 saturated heterocycles. The summed E-state index contributed by atoms with van der Waals surface area (Å²) in [6.45, 7) is 2.05.